The Kier molecular flexibility index (Phi) is 5.47. The molecule has 1 amide bonds. The summed E-state index contributed by atoms with van der Waals surface area (Å²) in [6.45, 7) is 0. The smallest absolute Gasteiger partial charge is 0.269 e. The van der Waals surface area contributed by atoms with Crippen molar-refractivity contribution in [3.63, 3.8) is 0 Å². The minimum atomic E-state index is -0.538. The van der Waals surface area contributed by atoms with Crippen LogP contribution in [0.3, 0.4) is 0 Å². The van der Waals surface area contributed by atoms with E-state index in [0.29, 0.717) is 16.9 Å². The third kappa shape index (κ3) is 4.30. The van der Waals surface area contributed by atoms with E-state index in [0.717, 1.165) is 5.56 Å². The molecule has 1 N–H and O–H groups in total. The maximum absolute atomic E-state index is 12.7. The van der Waals surface area contributed by atoms with Gasteiger partial charge in [0, 0.05) is 17.7 Å². The van der Waals surface area contributed by atoms with Crippen molar-refractivity contribution in [3.05, 3.63) is 106 Å². The molecule has 3 aromatic carbocycles. The van der Waals surface area contributed by atoms with Gasteiger partial charge in [-0.05, 0) is 35.4 Å². The van der Waals surface area contributed by atoms with Crippen LogP contribution in [0, 0.1) is 10.1 Å². The minimum Gasteiger partial charge on any atom is -0.497 e. The highest BCUT2D eigenvalue weighted by Gasteiger charge is 2.20. The molecule has 0 radical (unpaired) electrons. The molecule has 27 heavy (non-hydrogen) atoms. The van der Waals surface area contributed by atoms with Crippen LogP contribution >= 0.6 is 0 Å². The summed E-state index contributed by atoms with van der Waals surface area (Å²) in [4.78, 5) is 23.4. The number of methoxy groups -OCH3 is 1. The largest absolute Gasteiger partial charge is 0.497 e. The molecule has 0 saturated heterocycles. The summed E-state index contributed by atoms with van der Waals surface area (Å²) >= 11 is 0. The Morgan fingerprint density at radius 3 is 2.30 bits per heavy atom. The molecular formula is C21H18N2O4. The Labute approximate surface area is 156 Å². The van der Waals surface area contributed by atoms with Crippen molar-refractivity contribution in [2.45, 2.75) is 6.04 Å². The van der Waals surface area contributed by atoms with Crippen LogP contribution in [0.1, 0.15) is 27.5 Å². The monoisotopic (exact) mass is 362 g/mol. The molecule has 0 fully saturated rings. The molecule has 1 unspecified atom stereocenters. The molecule has 0 aliphatic heterocycles. The second kappa shape index (κ2) is 8.14. The first-order chi connectivity index (χ1) is 13.1. The highest BCUT2D eigenvalue weighted by molar-refractivity contribution is 5.94. The molecular weight excluding hydrogens is 344 g/mol. The van der Waals surface area contributed by atoms with Crippen molar-refractivity contribution in [1.82, 2.24) is 5.32 Å². The van der Waals surface area contributed by atoms with E-state index < -0.39 is 11.0 Å². The number of benzene rings is 3. The molecule has 6 heteroatoms. The van der Waals surface area contributed by atoms with Crippen molar-refractivity contribution in [2.24, 2.45) is 0 Å². The van der Waals surface area contributed by atoms with Gasteiger partial charge in [0.05, 0.1) is 18.1 Å². The molecule has 3 rings (SSSR count). The van der Waals surface area contributed by atoms with Crippen LogP contribution in [0.15, 0.2) is 78.9 Å². The van der Waals surface area contributed by atoms with Crippen molar-refractivity contribution < 1.29 is 14.5 Å². The molecule has 0 aromatic heterocycles. The van der Waals surface area contributed by atoms with Gasteiger partial charge in [-0.1, -0.05) is 42.5 Å². The van der Waals surface area contributed by atoms with Gasteiger partial charge in [0.2, 0.25) is 0 Å². The van der Waals surface area contributed by atoms with E-state index in [2.05, 4.69) is 5.32 Å². The lowest BCUT2D eigenvalue weighted by molar-refractivity contribution is -0.384. The van der Waals surface area contributed by atoms with Crippen molar-refractivity contribution >= 4 is 11.6 Å². The van der Waals surface area contributed by atoms with E-state index in [9.17, 15) is 14.9 Å². The third-order valence-electron chi connectivity index (χ3n) is 4.17. The first kappa shape index (κ1) is 18.1. The fourth-order valence-corrected chi connectivity index (χ4v) is 2.78. The Morgan fingerprint density at radius 1 is 0.963 bits per heavy atom. The van der Waals surface area contributed by atoms with Crippen LogP contribution < -0.4 is 10.1 Å². The van der Waals surface area contributed by atoms with Crippen molar-refractivity contribution in [2.75, 3.05) is 7.11 Å². The average Bonchev–Trinajstić information content (AvgIpc) is 2.72. The topological polar surface area (TPSA) is 81.5 Å². The Hall–Kier alpha value is -3.67. The first-order valence-electron chi connectivity index (χ1n) is 8.32. The number of carbonyl (C=O) groups is 1. The summed E-state index contributed by atoms with van der Waals surface area (Å²) in [6, 6.07) is 21.8. The fraction of sp³-hybridized carbons (Fsp3) is 0.0952. The number of rotatable bonds is 6. The van der Waals surface area contributed by atoms with Crippen LogP contribution in [-0.2, 0) is 0 Å². The van der Waals surface area contributed by atoms with E-state index in [1.165, 1.54) is 12.1 Å². The zero-order valence-electron chi connectivity index (χ0n) is 14.7. The Balaban J connectivity index is 1.99. The lowest BCUT2D eigenvalue weighted by Gasteiger charge is -2.20. The van der Waals surface area contributed by atoms with Gasteiger partial charge in [-0.3, -0.25) is 14.9 Å². The number of non-ortho nitro benzene ring substituents is 1. The predicted octanol–water partition coefficient (Wildman–Crippen LogP) is 4.12. The lowest BCUT2D eigenvalue weighted by atomic mass is 9.97. The second-order valence-corrected chi connectivity index (χ2v) is 5.90. The van der Waals surface area contributed by atoms with Gasteiger partial charge >= 0.3 is 0 Å². The minimum absolute atomic E-state index is 0.0278. The van der Waals surface area contributed by atoms with Gasteiger partial charge in [0.1, 0.15) is 5.75 Å². The molecule has 0 spiro atoms. The molecule has 0 bridgehead atoms. The standard InChI is InChI=1S/C21H18N2O4/c1-27-19-12-10-15(11-13-19)20(17-8-5-9-18(14-17)23(25)26)22-21(24)16-6-3-2-4-7-16/h2-14,20H,1H3,(H,22,24). The zero-order valence-corrected chi connectivity index (χ0v) is 14.7. The van der Waals surface area contributed by atoms with E-state index in [1.807, 2.05) is 18.2 Å². The number of nitro groups is 1. The normalized spacial score (nSPS) is 11.4. The van der Waals surface area contributed by atoms with E-state index in [-0.39, 0.29) is 11.6 Å². The molecule has 136 valence electrons. The van der Waals surface area contributed by atoms with Crippen LogP contribution in [0.4, 0.5) is 5.69 Å². The summed E-state index contributed by atoms with van der Waals surface area (Å²) in [7, 11) is 1.57. The Bertz CT molecular complexity index is 940. The number of nitro benzene ring substituents is 1. The maximum Gasteiger partial charge on any atom is 0.269 e. The number of nitrogens with zero attached hydrogens (tertiary/aromatic N) is 1. The SMILES string of the molecule is COc1ccc(C(NC(=O)c2ccccc2)c2cccc([N+](=O)[O-])c2)cc1. The first-order valence-corrected chi connectivity index (χ1v) is 8.32. The average molecular weight is 362 g/mol. The molecule has 0 aliphatic rings. The fourth-order valence-electron chi connectivity index (χ4n) is 2.78. The van der Waals surface area contributed by atoms with Gasteiger partial charge in [0.25, 0.3) is 11.6 Å². The number of nitrogens with one attached hydrogen (secondary N) is 1. The van der Waals surface area contributed by atoms with Crippen LogP contribution in [0.2, 0.25) is 0 Å². The van der Waals surface area contributed by atoms with E-state index in [4.69, 9.17) is 4.74 Å². The van der Waals surface area contributed by atoms with E-state index in [1.54, 1.807) is 55.6 Å². The molecule has 1 atom stereocenters. The Morgan fingerprint density at radius 2 is 1.67 bits per heavy atom. The molecule has 3 aromatic rings. The zero-order chi connectivity index (χ0) is 19.2. The van der Waals surface area contributed by atoms with Gasteiger partial charge in [0.15, 0.2) is 0 Å². The van der Waals surface area contributed by atoms with Crippen LogP contribution in [0.25, 0.3) is 0 Å². The number of carbonyl (C=O) groups excluding carboxylic acids is 1. The van der Waals surface area contributed by atoms with Gasteiger partial charge in [-0.25, -0.2) is 0 Å². The van der Waals surface area contributed by atoms with E-state index >= 15 is 0 Å². The molecule has 6 nitrogen and oxygen atoms in total. The predicted molar refractivity (Wildman–Crippen MR) is 102 cm³/mol. The highest BCUT2D eigenvalue weighted by Crippen LogP contribution is 2.27. The second-order valence-electron chi connectivity index (χ2n) is 5.90. The quantitative estimate of drug-likeness (QED) is 0.528. The number of amides is 1. The highest BCUT2D eigenvalue weighted by atomic mass is 16.6. The molecule has 0 heterocycles. The molecule has 0 aliphatic carbocycles. The summed E-state index contributed by atoms with van der Waals surface area (Å²) in [5.41, 5.74) is 1.90. The van der Waals surface area contributed by atoms with Crippen molar-refractivity contribution in [3.8, 4) is 5.75 Å². The summed E-state index contributed by atoms with van der Waals surface area (Å²) < 4.78 is 5.18. The number of hydrogen-bond donors (Lipinski definition) is 1. The third-order valence-corrected chi connectivity index (χ3v) is 4.17. The van der Waals surface area contributed by atoms with Crippen molar-refractivity contribution in [1.29, 1.82) is 0 Å². The summed E-state index contributed by atoms with van der Waals surface area (Å²) in [6.07, 6.45) is 0. The summed E-state index contributed by atoms with van der Waals surface area (Å²) in [5.74, 6) is 0.425. The van der Waals surface area contributed by atoms with Gasteiger partial charge < -0.3 is 10.1 Å². The lowest BCUT2D eigenvalue weighted by Crippen LogP contribution is -2.29. The number of ether oxygens (including phenoxy) is 1. The van der Waals surface area contributed by atoms with Crippen LogP contribution in [0.5, 0.6) is 5.75 Å². The van der Waals surface area contributed by atoms with Gasteiger partial charge in [-0.2, -0.15) is 0 Å². The summed E-state index contributed by atoms with van der Waals surface area (Å²) in [5, 5.41) is 14.1. The molecule has 0 saturated carbocycles. The maximum atomic E-state index is 12.7. The number of hydrogen-bond acceptors (Lipinski definition) is 4. The van der Waals surface area contributed by atoms with Gasteiger partial charge in [-0.15, -0.1) is 0 Å². The van der Waals surface area contributed by atoms with Crippen LogP contribution in [-0.4, -0.2) is 17.9 Å².